The topological polar surface area (TPSA) is 83.6 Å². The number of likely N-dealkylation sites (N-methyl/N-ethyl adjacent to an activating group) is 1. The molecule has 0 saturated heterocycles. The summed E-state index contributed by atoms with van der Waals surface area (Å²) in [5.41, 5.74) is 5.89. The summed E-state index contributed by atoms with van der Waals surface area (Å²) in [6.07, 6.45) is 1.61. The summed E-state index contributed by atoms with van der Waals surface area (Å²) >= 11 is 0. The molecule has 0 fully saturated rings. The van der Waals surface area contributed by atoms with Gasteiger partial charge >= 0.3 is 5.97 Å². The van der Waals surface area contributed by atoms with Gasteiger partial charge in [-0.1, -0.05) is 40.7 Å². The van der Waals surface area contributed by atoms with Gasteiger partial charge in [0.1, 0.15) is 0 Å². The molecule has 6 heteroatoms. The van der Waals surface area contributed by atoms with Gasteiger partial charge in [-0.05, 0) is 18.3 Å². The molecule has 21 heavy (non-hydrogen) atoms. The molecule has 0 aromatic carbocycles. The second-order valence-corrected chi connectivity index (χ2v) is 6.68. The first-order valence-corrected chi connectivity index (χ1v) is 6.83. The third-order valence-electron chi connectivity index (χ3n) is 3.44. The maximum Gasteiger partial charge on any atom is 0.331 e. The number of aliphatic carboxylic acids is 1. The van der Waals surface area contributed by atoms with Crippen LogP contribution >= 0.6 is 12.4 Å². The van der Waals surface area contributed by atoms with Crippen LogP contribution in [0.1, 0.15) is 41.5 Å². The van der Waals surface area contributed by atoms with Crippen LogP contribution in [-0.2, 0) is 9.59 Å². The van der Waals surface area contributed by atoms with Gasteiger partial charge in [0, 0.05) is 12.6 Å². The molecule has 0 aliphatic carbocycles. The van der Waals surface area contributed by atoms with E-state index in [1.54, 1.807) is 18.0 Å². The molecule has 124 valence electrons. The largest absolute Gasteiger partial charge is 0.478 e. The Balaban J connectivity index is 0. The maximum atomic E-state index is 12.4. The highest BCUT2D eigenvalue weighted by atomic mass is 35.5. The summed E-state index contributed by atoms with van der Waals surface area (Å²) in [5.74, 6) is -1.05. The first kappa shape index (κ1) is 22.2. The van der Waals surface area contributed by atoms with Gasteiger partial charge in [-0.15, -0.1) is 12.4 Å². The van der Waals surface area contributed by atoms with Gasteiger partial charge in [0.15, 0.2) is 0 Å². The SMILES string of the molecule is C/C(=C\[C@H](C(C)C)N(C)C(=O)[C@@H](N)C(C)(C)C)C(=O)O.Cl. The Morgan fingerprint density at radius 1 is 1.24 bits per heavy atom. The second kappa shape index (κ2) is 8.39. The number of hydrogen-bond donors (Lipinski definition) is 2. The molecule has 5 nitrogen and oxygen atoms in total. The molecule has 1 amide bonds. The van der Waals surface area contributed by atoms with Crippen molar-refractivity contribution in [2.24, 2.45) is 17.1 Å². The number of rotatable bonds is 5. The molecule has 0 aliphatic heterocycles. The fraction of sp³-hybridized carbons (Fsp3) is 0.733. The predicted molar refractivity (Wildman–Crippen MR) is 87.5 cm³/mol. The number of halogens is 1. The molecule has 0 radical (unpaired) electrons. The van der Waals surface area contributed by atoms with Crippen LogP contribution in [0.15, 0.2) is 11.6 Å². The lowest BCUT2D eigenvalue weighted by molar-refractivity contribution is -0.136. The fourth-order valence-electron chi connectivity index (χ4n) is 1.82. The minimum absolute atomic E-state index is 0. The van der Waals surface area contributed by atoms with Crippen molar-refractivity contribution in [2.45, 2.75) is 53.6 Å². The van der Waals surface area contributed by atoms with E-state index < -0.39 is 12.0 Å². The quantitative estimate of drug-likeness (QED) is 0.761. The standard InChI is InChI=1S/C15H28N2O3.ClH/c1-9(2)11(8-10(3)14(19)20)17(7)13(18)12(16)15(4,5)6;/h8-9,11-12H,16H2,1-7H3,(H,19,20);1H/b10-8+;/t11-,12-;/m1./s1. The predicted octanol–water partition coefficient (Wildman–Crippen LogP) is 2.30. The number of amides is 1. The van der Waals surface area contributed by atoms with E-state index in [4.69, 9.17) is 10.8 Å². The maximum absolute atomic E-state index is 12.4. The van der Waals surface area contributed by atoms with Crippen LogP contribution in [0, 0.1) is 11.3 Å². The molecule has 0 saturated carbocycles. The zero-order valence-corrected chi connectivity index (χ0v) is 14.8. The van der Waals surface area contributed by atoms with Gasteiger partial charge in [0.2, 0.25) is 5.91 Å². The van der Waals surface area contributed by atoms with E-state index in [2.05, 4.69) is 0 Å². The van der Waals surface area contributed by atoms with Crippen LogP contribution in [0.4, 0.5) is 0 Å². The minimum atomic E-state index is -0.975. The van der Waals surface area contributed by atoms with Crippen molar-refractivity contribution in [3.05, 3.63) is 11.6 Å². The van der Waals surface area contributed by atoms with E-state index in [1.165, 1.54) is 6.92 Å². The van der Waals surface area contributed by atoms with Gasteiger partial charge in [-0.25, -0.2) is 4.79 Å². The van der Waals surface area contributed by atoms with Crippen molar-refractivity contribution in [2.75, 3.05) is 7.05 Å². The molecule has 3 N–H and O–H groups in total. The van der Waals surface area contributed by atoms with E-state index in [0.29, 0.717) is 0 Å². The van der Waals surface area contributed by atoms with E-state index >= 15 is 0 Å². The third kappa shape index (κ3) is 6.48. The molecule has 0 rings (SSSR count). The number of nitrogens with two attached hydrogens (primary N) is 1. The molecular formula is C15H29ClN2O3. The summed E-state index contributed by atoms with van der Waals surface area (Å²) in [6, 6.07) is -0.903. The third-order valence-corrected chi connectivity index (χ3v) is 3.44. The van der Waals surface area contributed by atoms with Gasteiger partial charge in [-0.3, -0.25) is 4.79 Å². The molecule has 0 spiro atoms. The van der Waals surface area contributed by atoms with Crippen molar-refractivity contribution in [3.63, 3.8) is 0 Å². The molecule has 0 unspecified atom stereocenters. The van der Waals surface area contributed by atoms with E-state index in [0.717, 1.165) is 0 Å². The average Bonchev–Trinajstić information content (AvgIpc) is 2.31. The Hall–Kier alpha value is -1.07. The molecule has 0 aliphatic rings. The Morgan fingerprint density at radius 2 is 1.67 bits per heavy atom. The van der Waals surface area contributed by atoms with Crippen molar-refractivity contribution >= 4 is 24.3 Å². The van der Waals surface area contributed by atoms with Crippen LogP contribution in [0.2, 0.25) is 0 Å². The van der Waals surface area contributed by atoms with E-state index in [9.17, 15) is 9.59 Å². The highest BCUT2D eigenvalue weighted by Crippen LogP contribution is 2.21. The van der Waals surface area contributed by atoms with Gasteiger partial charge in [0.05, 0.1) is 12.1 Å². The summed E-state index contributed by atoms with van der Waals surface area (Å²) in [6.45, 7) is 11.1. The lowest BCUT2D eigenvalue weighted by atomic mass is 9.86. The zero-order chi connectivity index (χ0) is 16.2. The Bertz CT molecular complexity index is 400. The molecule has 0 aromatic rings. The highest BCUT2D eigenvalue weighted by Gasteiger charge is 2.32. The summed E-state index contributed by atoms with van der Waals surface area (Å²) in [4.78, 5) is 24.9. The molecule has 0 aromatic heterocycles. The molecular weight excluding hydrogens is 292 g/mol. The van der Waals surface area contributed by atoms with Crippen LogP contribution in [0.3, 0.4) is 0 Å². The normalized spacial score (nSPS) is 15.2. The van der Waals surface area contributed by atoms with E-state index in [1.807, 2.05) is 34.6 Å². The first-order valence-electron chi connectivity index (χ1n) is 6.83. The van der Waals surface area contributed by atoms with Crippen LogP contribution < -0.4 is 5.73 Å². The van der Waals surface area contributed by atoms with Crippen LogP contribution in [0.25, 0.3) is 0 Å². The smallest absolute Gasteiger partial charge is 0.331 e. The number of carboxylic acid groups (broad SMARTS) is 1. The summed E-state index contributed by atoms with van der Waals surface area (Å²) < 4.78 is 0. The molecule has 2 atom stereocenters. The second-order valence-electron chi connectivity index (χ2n) is 6.68. The van der Waals surface area contributed by atoms with Crippen LogP contribution in [-0.4, -0.2) is 41.0 Å². The molecule has 0 heterocycles. The number of nitrogens with zero attached hydrogens (tertiary/aromatic N) is 1. The van der Waals surface area contributed by atoms with Crippen molar-refractivity contribution in [1.29, 1.82) is 0 Å². The number of hydrogen-bond acceptors (Lipinski definition) is 3. The lowest BCUT2D eigenvalue weighted by Crippen LogP contribution is -2.52. The highest BCUT2D eigenvalue weighted by molar-refractivity contribution is 5.86. The Kier molecular flexibility index (Phi) is 8.88. The average molecular weight is 321 g/mol. The number of carbonyl (C=O) groups is 2. The molecule has 0 bridgehead atoms. The lowest BCUT2D eigenvalue weighted by Gasteiger charge is -2.35. The van der Waals surface area contributed by atoms with Crippen molar-refractivity contribution in [3.8, 4) is 0 Å². The van der Waals surface area contributed by atoms with Crippen molar-refractivity contribution < 1.29 is 14.7 Å². The van der Waals surface area contributed by atoms with Crippen molar-refractivity contribution in [1.82, 2.24) is 4.90 Å². The van der Waals surface area contributed by atoms with Gasteiger partial charge < -0.3 is 15.7 Å². The van der Waals surface area contributed by atoms with Gasteiger partial charge in [-0.2, -0.15) is 0 Å². The fourth-order valence-corrected chi connectivity index (χ4v) is 1.82. The zero-order valence-electron chi connectivity index (χ0n) is 14.0. The number of carboxylic acids is 1. The Labute approximate surface area is 134 Å². The number of carbonyl (C=O) groups excluding carboxylic acids is 1. The monoisotopic (exact) mass is 320 g/mol. The minimum Gasteiger partial charge on any atom is -0.478 e. The van der Waals surface area contributed by atoms with Crippen LogP contribution in [0.5, 0.6) is 0 Å². The first-order chi connectivity index (χ1) is 8.89. The van der Waals surface area contributed by atoms with Gasteiger partial charge in [0.25, 0.3) is 0 Å². The van der Waals surface area contributed by atoms with E-state index in [-0.39, 0.29) is 41.3 Å². The summed E-state index contributed by atoms with van der Waals surface area (Å²) in [7, 11) is 1.67. The Morgan fingerprint density at radius 3 is 1.95 bits per heavy atom. The summed E-state index contributed by atoms with van der Waals surface area (Å²) in [5, 5.41) is 8.98.